The van der Waals surface area contributed by atoms with Crippen LogP contribution in [0.5, 0.6) is 0 Å². The van der Waals surface area contributed by atoms with Crippen LogP contribution < -0.4 is 5.73 Å². The number of hydrogen-bond acceptors (Lipinski definition) is 5. The van der Waals surface area contributed by atoms with Crippen molar-refractivity contribution < 1.29 is 4.39 Å². The van der Waals surface area contributed by atoms with E-state index in [1.807, 2.05) is 13.0 Å². The summed E-state index contributed by atoms with van der Waals surface area (Å²) in [5.41, 5.74) is 9.46. The van der Waals surface area contributed by atoms with Gasteiger partial charge >= 0.3 is 5.95 Å². The highest BCUT2D eigenvalue weighted by Gasteiger charge is 2.23. The predicted molar refractivity (Wildman–Crippen MR) is 99.8 cm³/mol. The molecule has 0 radical (unpaired) electrons. The monoisotopic (exact) mass is 379 g/mol. The molecule has 132 valence electrons. The number of aryl methyl sites for hydroxylation is 1. The quantitative estimate of drug-likeness (QED) is 0.419. The van der Waals surface area contributed by atoms with Crippen molar-refractivity contribution in [1.29, 1.82) is 0 Å². The number of anilines is 1. The molecule has 3 heterocycles. The van der Waals surface area contributed by atoms with Crippen molar-refractivity contribution in [2.45, 2.75) is 6.92 Å². The molecule has 0 unspecified atom stereocenters. The van der Waals surface area contributed by atoms with Gasteiger partial charge in [-0.2, -0.15) is 0 Å². The highest BCUT2D eigenvalue weighted by atomic mass is 35.5. The Hall–Kier alpha value is -3.57. The van der Waals surface area contributed by atoms with Gasteiger partial charge in [0.05, 0.1) is 11.3 Å². The summed E-state index contributed by atoms with van der Waals surface area (Å²) in [6.07, 6.45) is 0. The van der Waals surface area contributed by atoms with Gasteiger partial charge in [0.15, 0.2) is 0 Å². The van der Waals surface area contributed by atoms with E-state index in [1.165, 1.54) is 16.6 Å². The Bertz CT molecular complexity index is 1210. The summed E-state index contributed by atoms with van der Waals surface area (Å²) in [6, 6.07) is 9.34. The number of benzene rings is 1. The average Bonchev–Trinajstić information content (AvgIpc) is 3.06. The number of halogens is 2. The molecule has 27 heavy (non-hydrogen) atoms. The van der Waals surface area contributed by atoms with Crippen LogP contribution in [0.4, 0.5) is 16.3 Å². The SMILES string of the molecule is [C-]#[N+]c1nc2c(-c3cc(C)nc(Cl)c3)c(-c3ccc(F)cc3)nc(N)n2n1. The van der Waals surface area contributed by atoms with Crippen LogP contribution >= 0.6 is 11.6 Å². The minimum Gasteiger partial charge on any atom is -0.393 e. The van der Waals surface area contributed by atoms with Crippen molar-refractivity contribution in [1.82, 2.24) is 24.6 Å². The molecule has 0 spiro atoms. The summed E-state index contributed by atoms with van der Waals surface area (Å²) in [4.78, 5) is 16.1. The first-order chi connectivity index (χ1) is 13.0. The summed E-state index contributed by atoms with van der Waals surface area (Å²) in [7, 11) is 0. The zero-order chi connectivity index (χ0) is 19.1. The van der Waals surface area contributed by atoms with Crippen LogP contribution in [0, 0.1) is 19.3 Å². The number of nitrogens with two attached hydrogens (primary N) is 1. The molecule has 0 aliphatic rings. The molecule has 0 fully saturated rings. The van der Waals surface area contributed by atoms with Crippen LogP contribution in [0.1, 0.15) is 5.69 Å². The number of nitrogens with zero attached hydrogens (tertiary/aromatic N) is 6. The van der Waals surface area contributed by atoms with E-state index in [0.29, 0.717) is 38.9 Å². The standard InChI is InChI=1S/C18H11ClFN7/c1-9-7-11(8-13(19)23-9)14-15(10-3-5-12(20)6-4-10)24-17(21)27-16(14)25-18(22-2)26-27/h3-8H,1H3,(H2,21,24). The van der Waals surface area contributed by atoms with Gasteiger partial charge < -0.3 is 10.6 Å². The van der Waals surface area contributed by atoms with Gasteiger partial charge in [-0.1, -0.05) is 11.6 Å². The van der Waals surface area contributed by atoms with E-state index in [2.05, 4.69) is 24.9 Å². The van der Waals surface area contributed by atoms with Crippen LogP contribution in [0.25, 0.3) is 32.9 Å². The Morgan fingerprint density at radius 3 is 2.52 bits per heavy atom. The molecule has 0 aliphatic carbocycles. The number of nitrogen functional groups attached to an aromatic ring is 1. The van der Waals surface area contributed by atoms with E-state index in [9.17, 15) is 4.39 Å². The first-order valence-corrected chi connectivity index (χ1v) is 8.18. The predicted octanol–water partition coefficient (Wildman–Crippen LogP) is 4.09. The lowest BCUT2D eigenvalue weighted by molar-refractivity contribution is 0.628. The van der Waals surface area contributed by atoms with Crippen molar-refractivity contribution in [3.05, 3.63) is 64.5 Å². The summed E-state index contributed by atoms with van der Waals surface area (Å²) >= 11 is 6.14. The second kappa shape index (κ2) is 6.30. The van der Waals surface area contributed by atoms with Crippen LogP contribution in [0.15, 0.2) is 36.4 Å². The number of hydrogen-bond donors (Lipinski definition) is 1. The largest absolute Gasteiger partial charge is 0.394 e. The summed E-state index contributed by atoms with van der Waals surface area (Å²) in [6.45, 7) is 8.99. The Morgan fingerprint density at radius 1 is 1.11 bits per heavy atom. The van der Waals surface area contributed by atoms with Gasteiger partial charge in [-0.3, -0.25) is 0 Å². The Balaban J connectivity index is 2.13. The summed E-state index contributed by atoms with van der Waals surface area (Å²) in [5.74, 6) is -0.361. The second-order valence-electron chi connectivity index (χ2n) is 5.78. The van der Waals surface area contributed by atoms with Crippen molar-refractivity contribution in [2.24, 2.45) is 0 Å². The molecule has 7 nitrogen and oxygen atoms in total. The van der Waals surface area contributed by atoms with Crippen molar-refractivity contribution in [2.75, 3.05) is 5.73 Å². The van der Waals surface area contributed by atoms with Crippen LogP contribution in [0.3, 0.4) is 0 Å². The minimum absolute atomic E-state index is 0.0575. The molecule has 4 aromatic rings. The molecular weight excluding hydrogens is 369 g/mol. The molecular formula is C18H11ClFN7. The van der Waals surface area contributed by atoms with Crippen LogP contribution in [0.2, 0.25) is 5.15 Å². The van der Waals surface area contributed by atoms with Gasteiger partial charge in [0, 0.05) is 11.3 Å². The van der Waals surface area contributed by atoms with E-state index in [0.717, 1.165) is 0 Å². The van der Waals surface area contributed by atoms with Gasteiger partial charge in [-0.25, -0.2) is 14.4 Å². The van der Waals surface area contributed by atoms with Crippen molar-refractivity contribution >= 4 is 29.1 Å². The van der Waals surface area contributed by atoms with Crippen LogP contribution in [-0.2, 0) is 0 Å². The highest BCUT2D eigenvalue weighted by molar-refractivity contribution is 6.29. The number of fused-ring (bicyclic) bond motifs is 1. The smallest absolute Gasteiger partial charge is 0.393 e. The van der Waals surface area contributed by atoms with Crippen LogP contribution in [-0.4, -0.2) is 24.6 Å². The molecule has 0 bridgehead atoms. The van der Waals surface area contributed by atoms with Gasteiger partial charge in [0.2, 0.25) is 11.6 Å². The summed E-state index contributed by atoms with van der Waals surface area (Å²) < 4.78 is 14.7. The lowest BCUT2D eigenvalue weighted by atomic mass is 10.0. The summed E-state index contributed by atoms with van der Waals surface area (Å²) in [5, 5.41) is 4.37. The molecule has 1 aromatic carbocycles. The Kier molecular flexibility index (Phi) is 3.94. The maximum atomic E-state index is 13.4. The molecule has 0 saturated carbocycles. The van der Waals surface area contributed by atoms with Crippen molar-refractivity contribution in [3.8, 4) is 22.4 Å². The molecule has 2 N–H and O–H groups in total. The third-order valence-corrected chi connectivity index (χ3v) is 4.12. The number of aromatic nitrogens is 5. The molecule has 0 aliphatic heterocycles. The first kappa shape index (κ1) is 16.9. The third kappa shape index (κ3) is 2.94. The zero-order valence-electron chi connectivity index (χ0n) is 14.0. The van der Waals surface area contributed by atoms with E-state index in [4.69, 9.17) is 23.9 Å². The van der Waals surface area contributed by atoms with Gasteiger partial charge in [0.25, 0.3) is 0 Å². The molecule has 3 aromatic heterocycles. The van der Waals surface area contributed by atoms with Gasteiger partial charge in [0.1, 0.15) is 11.0 Å². The number of rotatable bonds is 2. The molecule has 0 saturated heterocycles. The maximum absolute atomic E-state index is 13.4. The van der Waals surface area contributed by atoms with E-state index in [-0.39, 0.29) is 17.7 Å². The number of pyridine rings is 1. The third-order valence-electron chi connectivity index (χ3n) is 3.93. The Morgan fingerprint density at radius 2 is 1.85 bits per heavy atom. The highest BCUT2D eigenvalue weighted by Crippen LogP contribution is 2.36. The first-order valence-electron chi connectivity index (χ1n) is 7.80. The minimum atomic E-state index is -0.366. The fraction of sp³-hybridized carbons (Fsp3) is 0.0556. The molecule has 9 heteroatoms. The lowest BCUT2D eigenvalue weighted by Crippen LogP contribution is -2.06. The fourth-order valence-corrected chi connectivity index (χ4v) is 3.10. The topological polar surface area (TPSA) is 86.3 Å². The second-order valence-corrected chi connectivity index (χ2v) is 6.17. The van der Waals surface area contributed by atoms with E-state index < -0.39 is 0 Å². The van der Waals surface area contributed by atoms with E-state index >= 15 is 0 Å². The fourth-order valence-electron chi connectivity index (χ4n) is 2.85. The molecule has 0 amide bonds. The molecule has 0 atom stereocenters. The van der Waals surface area contributed by atoms with E-state index in [1.54, 1.807) is 18.2 Å². The molecule has 4 rings (SSSR count). The lowest BCUT2D eigenvalue weighted by Gasteiger charge is -2.11. The zero-order valence-corrected chi connectivity index (χ0v) is 14.7. The Labute approximate surface area is 158 Å². The normalized spacial score (nSPS) is 10.9. The average molecular weight is 380 g/mol. The van der Waals surface area contributed by atoms with Gasteiger partial charge in [-0.15, -0.1) is 16.1 Å². The van der Waals surface area contributed by atoms with Crippen molar-refractivity contribution in [3.63, 3.8) is 0 Å². The maximum Gasteiger partial charge on any atom is 0.394 e. The van der Waals surface area contributed by atoms with Gasteiger partial charge in [-0.05, 0) is 54.0 Å².